The summed E-state index contributed by atoms with van der Waals surface area (Å²) in [5.74, 6) is 0.163. The Morgan fingerprint density at radius 2 is 1.96 bits per heavy atom. The third kappa shape index (κ3) is 6.53. The maximum Gasteiger partial charge on any atom is 0.320 e. The smallest absolute Gasteiger partial charge is 0.320 e. The van der Waals surface area contributed by atoms with E-state index in [1.807, 2.05) is 16.7 Å². The molecule has 10 nitrogen and oxygen atoms in total. The van der Waals surface area contributed by atoms with Crippen LogP contribution in [0.15, 0.2) is 12.7 Å². The van der Waals surface area contributed by atoms with Crippen LogP contribution in [0.5, 0.6) is 0 Å². The number of nitriles is 1. The third-order valence-corrected chi connectivity index (χ3v) is 13.0. The molecule has 13 heteroatoms. The van der Waals surface area contributed by atoms with Crippen molar-refractivity contribution in [1.82, 2.24) is 36.0 Å². The van der Waals surface area contributed by atoms with Crippen LogP contribution in [0.1, 0.15) is 58.8 Å². The van der Waals surface area contributed by atoms with Crippen molar-refractivity contribution < 1.29 is 18.4 Å². The van der Waals surface area contributed by atoms with Gasteiger partial charge in [0.25, 0.3) is 0 Å². The number of carbonyl (C=O) groups excluding carboxylic acids is 2. The number of halogens is 2. The van der Waals surface area contributed by atoms with Crippen molar-refractivity contribution in [3.63, 3.8) is 0 Å². The van der Waals surface area contributed by atoms with Crippen molar-refractivity contribution in [2.75, 3.05) is 38.5 Å². The van der Waals surface area contributed by atoms with Gasteiger partial charge >= 0.3 is 6.03 Å². The Kier molecular flexibility index (Phi) is 10.8. The van der Waals surface area contributed by atoms with Gasteiger partial charge in [0.1, 0.15) is 12.3 Å². The minimum Gasteiger partial charge on any atom is -0.333 e. The van der Waals surface area contributed by atoms with Crippen molar-refractivity contribution in [2.45, 2.75) is 119 Å². The molecule has 1 aliphatic carbocycles. The number of nitrogens with zero attached hydrogens (tertiary/aromatic N) is 4. The number of urea groups is 1. The highest BCUT2D eigenvalue weighted by molar-refractivity contribution is 7.99. The van der Waals surface area contributed by atoms with Gasteiger partial charge in [-0.1, -0.05) is 20.4 Å². The number of piperidine rings is 2. The number of hydrogen-bond donors (Lipinski definition) is 4. The van der Waals surface area contributed by atoms with E-state index >= 15 is 8.78 Å². The minimum atomic E-state index is -1.29. The lowest BCUT2D eigenvalue weighted by molar-refractivity contribution is -0.133. The normalized spacial score (nSPS) is 42.3. The molecule has 1 saturated carbocycles. The van der Waals surface area contributed by atoms with E-state index in [0.29, 0.717) is 26.1 Å². The van der Waals surface area contributed by atoms with Gasteiger partial charge in [-0.25, -0.2) is 13.6 Å². The van der Waals surface area contributed by atoms with E-state index in [1.54, 1.807) is 4.90 Å². The highest BCUT2D eigenvalue weighted by Crippen LogP contribution is 2.42. The molecule has 46 heavy (non-hydrogen) atoms. The number of amides is 3. The molecule has 5 heterocycles. The standard InChI is InChI=1S/C33H52F2N8O2S/c1-4-26(44)42-15-14-41(18-20(42)9-11-36)31-21-17-23(35)29-27-22(34)7-5-8-24(27)37-12-6-16-46-25-10-13-38-28(19(2)3)30(25)43(32(21)39-29)33(45)40-31/h4,19-25,27-32,37-39H,1,5-10,12-18H2,2-3H3,(H,40,45)/t20-,21?,22?,23?,24?,25?,27?,28?,29?,30?,31?,32?/m0/s1. The first-order valence-corrected chi connectivity index (χ1v) is 18.5. The molecule has 4 N–H and O–H groups in total. The second-order valence-corrected chi connectivity index (χ2v) is 15.8. The number of rotatable bonds is 4. The summed E-state index contributed by atoms with van der Waals surface area (Å²) in [4.78, 5) is 32.9. The predicted molar refractivity (Wildman–Crippen MR) is 175 cm³/mol. The lowest BCUT2D eigenvalue weighted by Crippen LogP contribution is -2.80. The van der Waals surface area contributed by atoms with Crippen molar-refractivity contribution in [3.05, 3.63) is 12.7 Å². The summed E-state index contributed by atoms with van der Waals surface area (Å²) in [6.45, 7) is 10.9. The summed E-state index contributed by atoms with van der Waals surface area (Å²) in [7, 11) is 0. The number of fused-ring (bicyclic) bond motifs is 5. The zero-order chi connectivity index (χ0) is 32.5. The summed E-state index contributed by atoms with van der Waals surface area (Å²) in [5.41, 5.74) is 0. The fraction of sp³-hybridized carbons (Fsp3) is 0.848. The molecular weight excluding hydrogens is 610 g/mol. The van der Waals surface area contributed by atoms with Gasteiger partial charge in [-0.3, -0.25) is 15.0 Å². The van der Waals surface area contributed by atoms with E-state index in [1.165, 1.54) is 6.08 Å². The number of hydrogen-bond acceptors (Lipinski definition) is 8. The van der Waals surface area contributed by atoms with Crippen LogP contribution >= 0.6 is 11.8 Å². The topological polar surface area (TPSA) is 116 Å². The first kappa shape index (κ1) is 33.9. The quantitative estimate of drug-likeness (QED) is 0.340. The summed E-state index contributed by atoms with van der Waals surface area (Å²) in [6, 6.07) is 0.776. The van der Waals surface area contributed by atoms with Crippen LogP contribution in [-0.4, -0.2) is 125 Å². The van der Waals surface area contributed by atoms with Gasteiger partial charge in [-0.2, -0.15) is 17.0 Å². The van der Waals surface area contributed by atoms with E-state index in [0.717, 1.165) is 44.5 Å². The molecule has 5 aliphatic heterocycles. The molecule has 12 atom stereocenters. The fourth-order valence-corrected chi connectivity index (χ4v) is 10.8. The first-order valence-electron chi connectivity index (χ1n) is 17.5. The van der Waals surface area contributed by atoms with E-state index in [9.17, 15) is 14.9 Å². The lowest BCUT2D eigenvalue weighted by Gasteiger charge is -2.59. The van der Waals surface area contributed by atoms with Gasteiger partial charge in [-0.05, 0) is 69.4 Å². The number of carbonyl (C=O) groups is 2. The molecule has 6 aliphatic rings. The largest absolute Gasteiger partial charge is 0.333 e. The van der Waals surface area contributed by atoms with Crippen LogP contribution in [0.2, 0.25) is 0 Å². The predicted octanol–water partition coefficient (Wildman–Crippen LogP) is 2.58. The fourth-order valence-electron chi connectivity index (χ4n) is 9.39. The molecule has 0 aromatic carbocycles. The van der Waals surface area contributed by atoms with E-state index in [-0.39, 0.29) is 66.0 Å². The molecule has 0 aromatic rings. The molecule has 11 unspecified atom stereocenters. The Bertz CT molecular complexity index is 1160. The van der Waals surface area contributed by atoms with Gasteiger partial charge in [0.2, 0.25) is 5.91 Å². The second kappa shape index (κ2) is 14.6. The first-order chi connectivity index (χ1) is 22.2. The Morgan fingerprint density at radius 3 is 2.72 bits per heavy atom. The average molecular weight is 663 g/mol. The van der Waals surface area contributed by atoms with Crippen molar-refractivity contribution in [2.24, 2.45) is 17.8 Å². The van der Waals surface area contributed by atoms with Crippen molar-refractivity contribution in [1.29, 1.82) is 5.26 Å². The molecule has 6 fully saturated rings. The van der Waals surface area contributed by atoms with E-state index in [4.69, 9.17) is 0 Å². The number of nitrogens with one attached hydrogen (secondary N) is 4. The zero-order valence-corrected chi connectivity index (χ0v) is 28.1. The van der Waals surface area contributed by atoms with Gasteiger partial charge in [-0.15, -0.1) is 0 Å². The summed E-state index contributed by atoms with van der Waals surface area (Å²) < 4.78 is 32.5. The third-order valence-electron chi connectivity index (χ3n) is 11.5. The summed E-state index contributed by atoms with van der Waals surface area (Å²) in [6.07, 6.45) is 2.16. The SMILES string of the molecule is C=CC(=O)N1CCN(C2NC(=O)N3C4NC(C(F)CC24)C2C(F)CCCC2NCCCSC2CCNC(C(C)C)C23)C[C@@H]1CC#N. The molecule has 5 saturated heterocycles. The second-order valence-electron chi connectivity index (χ2n) is 14.5. The van der Waals surface area contributed by atoms with Crippen LogP contribution < -0.4 is 21.3 Å². The molecule has 0 spiro atoms. The minimum absolute atomic E-state index is 0.0608. The van der Waals surface area contributed by atoms with Crippen molar-refractivity contribution in [3.8, 4) is 6.07 Å². The van der Waals surface area contributed by atoms with Crippen LogP contribution in [0.4, 0.5) is 13.6 Å². The monoisotopic (exact) mass is 662 g/mol. The molecule has 2 bridgehead atoms. The molecule has 3 amide bonds. The zero-order valence-electron chi connectivity index (χ0n) is 27.3. The van der Waals surface area contributed by atoms with Crippen LogP contribution in [0.3, 0.4) is 0 Å². The Morgan fingerprint density at radius 1 is 1.13 bits per heavy atom. The Balaban J connectivity index is 1.38. The van der Waals surface area contributed by atoms with Gasteiger partial charge in [0.15, 0.2) is 0 Å². The summed E-state index contributed by atoms with van der Waals surface area (Å²) in [5, 5.41) is 24.1. The molecular formula is C33H52F2N8O2S. The van der Waals surface area contributed by atoms with Crippen LogP contribution in [0.25, 0.3) is 0 Å². The maximum absolute atomic E-state index is 16.7. The number of alkyl halides is 2. The average Bonchev–Trinajstić information content (AvgIpc) is 3.05. The lowest BCUT2D eigenvalue weighted by atomic mass is 9.72. The van der Waals surface area contributed by atoms with E-state index in [2.05, 4.69) is 52.7 Å². The summed E-state index contributed by atoms with van der Waals surface area (Å²) >= 11 is 1.93. The number of piperazine rings is 1. The van der Waals surface area contributed by atoms with Crippen molar-refractivity contribution >= 4 is 23.7 Å². The van der Waals surface area contributed by atoms with E-state index < -0.39 is 36.6 Å². The molecule has 6 rings (SSSR count). The molecule has 256 valence electrons. The maximum atomic E-state index is 16.7. The van der Waals surface area contributed by atoms with Gasteiger partial charge in [0, 0.05) is 54.8 Å². The Hall–Kier alpha value is -1.98. The number of thioether (sulfide) groups is 1. The highest BCUT2D eigenvalue weighted by atomic mass is 32.2. The van der Waals surface area contributed by atoms with Crippen LogP contribution in [0, 0.1) is 29.1 Å². The van der Waals surface area contributed by atoms with Crippen LogP contribution in [-0.2, 0) is 4.79 Å². The Labute approximate surface area is 276 Å². The molecule has 0 aromatic heterocycles. The van der Waals surface area contributed by atoms with Gasteiger partial charge < -0.3 is 25.8 Å². The molecule has 0 radical (unpaired) electrons. The van der Waals surface area contributed by atoms with Gasteiger partial charge in [0.05, 0.1) is 36.9 Å². The highest BCUT2D eigenvalue weighted by Gasteiger charge is 2.57.